The van der Waals surface area contributed by atoms with E-state index in [9.17, 15) is 4.79 Å². The first-order valence-corrected chi connectivity index (χ1v) is 9.12. The van der Waals surface area contributed by atoms with Crippen LogP contribution in [0.15, 0.2) is 42.2 Å². The van der Waals surface area contributed by atoms with Crippen LogP contribution in [0.3, 0.4) is 0 Å². The lowest BCUT2D eigenvalue weighted by molar-refractivity contribution is 0.0952. The fourth-order valence-electron chi connectivity index (χ4n) is 3.31. The summed E-state index contributed by atoms with van der Waals surface area (Å²) in [6.07, 6.45) is 11.6. The molecule has 1 amide bonds. The first-order valence-electron chi connectivity index (χ1n) is 9.12. The van der Waals surface area contributed by atoms with Gasteiger partial charge in [0, 0.05) is 12.7 Å². The molecule has 0 radical (unpaired) electrons. The molecule has 0 saturated carbocycles. The minimum Gasteiger partial charge on any atom is -0.352 e. The Bertz CT molecular complexity index is 746. The van der Waals surface area contributed by atoms with E-state index in [0.717, 1.165) is 17.9 Å². The van der Waals surface area contributed by atoms with Crippen LogP contribution in [0.25, 0.3) is 5.82 Å². The Balaban J connectivity index is 1.72. The first-order chi connectivity index (χ1) is 12.2. The largest absolute Gasteiger partial charge is 0.352 e. The van der Waals surface area contributed by atoms with Crippen molar-refractivity contribution in [2.45, 2.75) is 51.9 Å². The number of allylic oxidation sites excluding steroid dienone is 1. The number of amides is 1. The summed E-state index contributed by atoms with van der Waals surface area (Å²) in [5, 5.41) is 7.46. The second kappa shape index (κ2) is 8.10. The van der Waals surface area contributed by atoms with E-state index in [2.05, 4.69) is 35.3 Å². The minimum atomic E-state index is -0.0534. The van der Waals surface area contributed by atoms with Crippen molar-refractivity contribution in [2.75, 3.05) is 6.54 Å². The van der Waals surface area contributed by atoms with Crippen LogP contribution in [0.1, 0.15) is 67.9 Å². The van der Waals surface area contributed by atoms with Gasteiger partial charge in [-0.3, -0.25) is 4.79 Å². The van der Waals surface area contributed by atoms with Crippen LogP contribution in [0.4, 0.5) is 0 Å². The third kappa shape index (κ3) is 4.16. The number of nitrogens with zero attached hydrogens (tertiary/aromatic N) is 3. The third-order valence-corrected chi connectivity index (χ3v) is 4.58. The quantitative estimate of drug-likeness (QED) is 0.810. The van der Waals surface area contributed by atoms with E-state index >= 15 is 0 Å². The predicted octanol–water partition coefficient (Wildman–Crippen LogP) is 4.01. The summed E-state index contributed by atoms with van der Waals surface area (Å²) in [5.41, 5.74) is 3.01. The molecular formula is C20H26N4O. The van der Waals surface area contributed by atoms with Crippen LogP contribution in [0.2, 0.25) is 0 Å². The van der Waals surface area contributed by atoms with E-state index < -0.39 is 0 Å². The van der Waals surface area contributed by atoms with Gasteiger partial charge in [-0.25, -0.2) is 9.67 Å². The van der Waals surface area contributed by atoms with Crippen molar-refractivity contribution in [2.24, 2.45) is 0 Å². The van der Waals surface area contributed by atoms with Gasteiger partial charge in [-0.15, -0.1) is 0 Å². The van der Waals surface area contributed by atoms with E-state index in [1.165, 1.54) is 31.3 Å². The van der Waals surface area contributed by atoms with Crippen molar-refractivity contribution in [3.63, 3.8) is 0 Å². The molecule has 132 valence electrons. The molecule has 25 heavy (non-hydrogen) atoms. The smallest absolute Gasteiger partial charge is 0.254 e. The molecule has 2 aromatic heterocycles. The maximum atomic E-state index is 12.7. The molecular weight excluding hydrogens is 312 g/mol. The van der Waals surface area contributed by atoms with Gasteiger partial charge in [-0.2, -0.15) is 5.10 Å². The minimum absolute atomic E-state index is 0.0534. The van der Waals surface area contributed by atoms with Gasteiger partial charge in [0.25, 0.3) is 5.91 Å². The van der Waals surface area contributed by atoms with Crippen molar-refractivity contribution < 1.29 is 4.79 Å². The summed E-state index contributed by atoms with van der Waals surface area (Å²) in [6, 6.07) is 5.69. The zero-order valence-corrected chi connectivity index (χ0v) is 15.0. The Kier molecular flexibility index (Phi) is 5.64. The number of rotatable bonds is 6. The van der Waals surface area contributed by atoms with Gasteiger partial charge in [0.15, 0.2) is 5.82 Å². The highest BCUT2D eigenvalue weighted by Gasteiger charge is 2.21. The molecule has 3 rings (SSSR count). The number of carbonyl (C=O) groups excluding carboxylic acids is 1. The average Bonchev–Trinajstić information content (AvgIpc) is 3.09. The Morgan fingerprint density at radius 2 is 2.20 bits per heavy atom. The zero-order valence-electron chi connectivity index (χ0n) is 15.0. The van der Waals surface area contributed by atoms with Crippen LogP contribution >= 0.6 is 0 Å². The monoisotopic (exact) mass is 338 g/mol. The summed E-state index contributed by atoms with van der Waals surface area (Å²) in [7, 11) is 0. The maximum Gasteiger partial charge on any atom is 0.254 e. The van der Waals surface area contributed by atoms with Crippen LogP contribution in [-0.2, 0) is 0 Å². The van der Waals surface area contributed by atoms with Crippen LogP contribution in [-0.4, -0.2) is 27.2 Å². The number of pyridine rings is 1. The first kappa shape index (κ1) is 17.4. The van der Waals surface area contributed by atoms with Crippen molar-refractivity contribution in [3.8, 4) is 5.82 Å². The molecule has 2 aromatic rings. The second-order valence-electron chi connectivity index (χ2n) is 6.81. The number of hydrogen-bond acceptors (Lipinski definition) is 3. The number of carbonyl (C=O) groups is 1. The molecule has 0 atom stereocenters. The fraction of sp³-hybridized carbons (Fsp3) is 0.450. The molecule has 0 aromatic carbocycles. The van der Waals surface area contributed by atoms with Crippen molar-refractivity contribution in [1.29, 1.82) is 0 Å². The SMILES string of the molecule is CC(C)c1c(C(=O)NCCC2=CCCCC2)cnn1-c1ccccn1. The summed E-state index contributed by atoms with van der Waals surface area (Å²) in [5.74, 6) is 0.853. The molecule has 2 heterocycles. The van der Waals surface area contributed by atoms with E-state index in [1.54, 1.807) is 17.1 Å². The van der Waals surface area contributed by atoms with Crippen molar-refractivity contribution >= 4 is 5.91 Å². The summed E-state index contributed by atoms with van der Waals surface area (Å²) >= 11 is 0. The summed E-state index contributed by atoms with van der Waals surface area (Å²) in [4.78, 5) is 17.0. The fourth-order valence-corrected chi connectivity index (χ4v) is 3.31. The van der Waals surface area contributed by atoms with Crippen LogP contribution in [0, 0.1) is 0 Å². The molecule has 0 spiro atoms. The zero-order chi connectivity index (χ0) is 17.6. The lowest BCUT2D eigenvalue weighted by Crippen LogP contribution is -2.26. The van der Waals surface area contributed by atoms with Gasteiger partial charge in [0.2, 0.25) is 0 Å². The highest BCUT2D eigenvalue weighted by atomic mass is 16.1. The standard InChI is InChI=1S/C20H26N4O/c1-15(2)19-17(14-23-24(19)18-10-6-7-12-21-18)20(25)22-13-11-16-8-4-3-5-9-16/h6-8,10,12,14-15H,3-5,9,11,13H2,1-2H3,(H,22,25). The normalized spacial score (nSPS) is 14.4. The van der Waals surface area contributed by atoms with Crippen LogP contribution < -0.4 is 5.32 Å². The Hall–Kier alpha value is -2.43. The van der Waals surface area contributed by atoms with E-state index in [0.29, 0.717) is 12.1 Å². The van der Waals surface area contributed by atoms with Gasteiger partial charge in [-0.05, 0) is 50.2 Å². The van der Waals surface area contributed by atoms with Gasteiger partial charge < -0.3 is 5.32 Å². The lowest BCUT2D eigenvalue weighted by Gasteiger charge is -2.14. The molecule has 0 fully saturated rings. The van der Waals surface area contributed by atoms with E-state index in [-0.39, 0.29) is 11.8 Å². The van der Waals surface area contributed by atoms with E-state index in [4.69, 9.17) is 0 Å². The Morgan fingerprint density at radius 3 is 2.88 bits per heavy atom. The summed E-state index contributed by atoms with van der Waals surface area (Å²) in [6.45, 7) is 4.82. The highest BCUT2D eigenvalue weighted by Crippen LogP contribution is 2.23. The maximum absolute atomic E-state index is 12.7. The summed E-state index contributed by atoms with van der Waals surface area (Å²) < 4.78 is 1.77. The molecule has 5 nitrogen and oxygen atoms in total. The molecule has 0 unspecified atom stereocenters. The van der Waals surface area contributed by atoms with Crippen LogP contribution in [0.5, 0.6) is 0 Å². The van der Waals surface area contributed by atoms with Gasteiger partial charge in [0.1, 0.15) is 0 Å². The topological polar surface area (TPSA) is 59.8 Å². The number of nitrogens with one attached hydrogen (secondary N) is 1. The molecule has 5 heteroatoms. The molecule has 0 saturated heterocycles. The second-order valence-corrected chi connectivity index (χ2v) is 6.81. The van der Waals surface area contributed by atoms with Crippen molar-refractivity contribution in [1.82, 2.24) is 20.1 Å². The van der Waals surface area contributed by atoms with Gasteiger partial charge in [0.05, 0.1) is 17.5 Å². The van der Waals surface area contributed by atoms with Crippen molar-refractivity contribution in [3.05, 3.63) is 53.5 Å². The third-order valence-electron chi connectivity index (χ3n) is 4.58. The Labute approximate surface area is 149 Å². The molecule has 0 bridgehead atoms. The lowest BCUT2D eigenvalue weighted by atomic mass is 9.97. The number of hydrogen-bond donors (Lipinski definition) is 1. The number of aromatic nitrogens is 3. The van der Waals surface area contributed by atoms with Gasteiger partial charge >= 0.3 is 0 Å². The molecule has 1 N–H and O–H groups in total. The predicted molar refractivity (Wildman–Crippen MR) is 98.9 cm³/mol. The highest BCUT2D eigenvalue weighted by molar-refractivity contribution is 5.95. The Morgan fingerprint density at radius 1 is 1.32 bits per heavy atom. The average molecular weight is 338 g/mol. The van der Waals surface area contributed by atoms with E-state index in [1.807, 2.05) is 18.2 Å². The molecule has 1 aliphatic carbocycles. The van der Waals surface area contributed by atoms with Gasteiger partial charge in [-0.1, -0.05) is 31.6 Å². The molecule has 0 aliphatic heterocycles. The molecule has 1 aliphatic rings.